The van der Waals surface area contributed by atoms with Gasteiger partial charge in [-0.3, -0.25) is 4.79 Å². The van der Waals surface area contributed by atoms with Crippen molar-refractivity contribution in [1.29, 1.82) is 0 Å². The van der Waals surface area contributed by atoms with Gasteiger partial charge in [0.05, 0.1) is 5.92 Å². The zero-order chi connectivity index (χ0) is 13.0. The van der Waals surface area contributed by atoms with Gasteiger partial charge in [-0.25, -0.2) is 0 Å². The molecule has 2 rings (SSSR count). The van der Waals surface area contributed by atoms with Gasteiger partial charge in [-0.15, -0.1) is 0 Å². The Balaban J connectivity index is 1.85. The smallest absolute Gasteiger partial charge is 0.227 e. The van der Waals surface area contributed by atoms with Gasteiger partial charge in [0.1, 0.15) is 0 Å². The van der Waals surface area contributed by atoms with Gasteiger partial charge in [-0.2, -0.15) is 0 Å². The Morgan fingerprint density at radius 1 is 1.33 bits per heavy atom. The molecule has 1 amide bonds. The quantitative estimate of drug-likeness (QED) is 0.753. The van der Waals surface area contributed by atoms with Crippen molar-refractivity contribution in [3.8, 4) is 0 Å². The Labute approximate surface area is 110 Å². The summed E-state index contributed by atoms with van der Waals surface area (Å²) in [6.45, 7) is 2.18. The Kier molecular flexibility index (Phi) is 4.81. The molecule has 0 aliphatic heterocycles. The average molecular weight is 250 g/mol. The van der Waals surface area contributed by atoms with Crippen molar-refractivity contribution in [3.05, 3.63) is 12.2 Å². The van der Waals surface area contributed by atoms with E-state index in [1.54, 1.807) is 0 Å². The van der Waals surface area contributed by atoms with Crippen LogP contribution in [0.3, 0.4) is 0 Å². The fourth-order valence-electron chi connectivity index (χ4n) is 3.30. The van der Waals surface area contributed by atoms with Gasteiger partial charge >= 0.3 is 0 Å². The zero-order valence-corrected chi connectivity index (χ0v) is 11.4. The summed E-state index contributed by atoms with van der Waals surface area (Å²) in [5.74, 6) is 0.862. The Morgan fingerprint density at radius 2 is 2.06 bits per heavy atom. The molecule has 3 unspecified atom stereocenters. The Hall–Kier alpha value is -0.830. The molecule has 0 radical (unpaired) electrons. The van der Waals surface area contributed by atoms with E-state index in [-0.39, 0.29) is 17.9 Å². The lowest BCUT2D eigenvalue weighted by atomic mass is 9.82. The minimum atomic E-state index is -0.00218. The van der Waals surface area contributed by atoms with Crippen LogP contribution in [0.15, 0.2) is 12.2 Å². The predicted octanol–water partition coefficient (Wildman–Crippen LogP) is 2.36. The minimum absolute atomic E-state index is 0.00218. The van der Waals surface area contributed by atoms with Crippen molar-refractivity contribution in [3.63, 3.8) is 0 Å². The molecule has 0 saturated heterocycles. The second-order valence-corrected chi connectivity index (χ2v) is 5.81. The third kappa shape index (κ3) is 3.35. The number of carbonyl (C=O) groups excluding carboxylic acids is 1. The van der Waals surface area contributed by atoms with E-state index < -0.39 is 0 Å². The van der Waals surface area contributed by atoms with Crippen LogP contribution in [0.2, 0.25) is 0 Å². The fourth-order valence-corrected chi connectivity index (χ4v) is 3.30. The highest BCUT2D eigenvalue weighted by molar-refractivity contribution is 5.81. The van der Waals surface area contributed by atoms with Crippen LogP contribution in [0.5, 0.6) is 0 Å². The van der Waals surface area contributed by atoms with Crippen LogP contribution in [0.25, 0.3) is 0 Å². The van der Waals surface area contributed by atoms with E-state index in [1.807, 2.05) is 12.2 Å². The van der Waals surface area contributed by atoms with Gasteiger partial charge in [-0.1, -0.05) is 38.3 Å². The molecule has 0 heterocycles. The van der Waals surface area contributed by atoms with Crippen molar-refractivity contribution in [2.75, 3.05) is 0 Å². The van der Waals surface area contributed by atoms with E-state index in [1.165, 1.54) is 32.1 Å². The van der Waals surface area contributed by atoms with E-state index >= 15 is 0 Å². The van der Waals surface area contributed by atoms with Crippen LogP contribution in [-0.4, -0.2) is 18.0 Å². The predicted molar refractivity (Wildman–Crippen MR) is 74.0 cm³/mol. The summed E-state index contributed by atoms with van der Waals surface area (Å²) in [6, 6.07) is 0.429. The van der Waals surface area contributed by atoms with Crippen LogP contribution in [0.4, 0.5) is 0 Å². The van der Waals surface area contributed by atoms with Crippen LogP contribution >= 0.6 is 0 Å². The maximum atomic E-state index is 12.2. The highest BCUT2D eigenvalue weighted by atomic mass is 16.1. The van der Waals surface area contributed by atoms with Gasteiger partial charge in [0.15, 0.2) is 0 Å². The number of amides is 1. The molecule has 3 N–H and O–H groups in total. The number of carbonyl (C=O) groups is 1. The van der Waals surface area contributed by atoms with E-state index in [0.29, 0.717) is 12.0 Å². The molecule has 2 aliphatic carbocycles. The summed E-state index contributed by atoms with van der Waals surface area (Å²) in [7, 11) is 0. The van der Waals surface area contributed by atoms with Crippen LogP contribution in [0, 0.1) is 11.8 Å². The molecule has 18 heavy (non-hydrogen) atoms. The number of rotatable bonds is 4. The first-order valence-corrected chi connectivity index (χ1v) is 7.45. The maximum Gasteiger partial charge on any atom is 0.227 e. The molecule has 0 aromatic carbocycles. The average Bonchev–Trinajstić information content (AvgIpc) is 2.83. The molecule has 3 atom stereocenters. The van der Waals surface area contributed by atoms with Gasteiger partial charge in [-0.05, 0) is 31.6 Å². The van der Waals surface area contributed by atoms with E-state index in [9.17, 15) is 4.79 Å². The van der Waals surface area contributed by atoms with Crippen LogP contribution in [0.1, 0.15) is 51.9 Å². The highest BCUT2D eigenvalue weighted by Crippen LogP contribution is 2.28. The van der Waals surface area contributed by atoms with Crippen LogP contribution < -0.4 is 11.1 Å². The fraction of sp³-hybridized carbons (Fsp3) is 0.800. The first-order chi connectivity index (χ1) is 8.70. The van der Waals surface area contributed by atoms with Gasteiger partial charge < -0.3 is 11.1 Å². The Morgan fingerprint density at radius 3 is 2.61 bits per heavy atom. The molecule has 3 heteroatoms. The van der Waals surface area contributed by atoms with E-state index in [2.05, 4.69) is 12.2 Å². The third-order valence-corrected chi connectivity index (χ3v) is 4.44. The van der Waals surface area contributed by atoms with Gasteiger partial charge in [0.25, 0.3) is 0 Å². The number of nitrogens with one attached hydrogen (secondary N) is 1. The molecule has 0 bridgehead atoms. The van der Waals surface area contributed by atoms with Crippen LogP contribution in [-0.2, 0) is 4.79 Å². The molecule has 1 fully saturated rings. The summed E-state index contributed by atoms with van der Waals surface area (Å²) < 4.78 is 0. The SMILES string of the molecule is CCC(NC(=O)C1C=CC(N)C1)C1CCCCC1. The van der Waals surface area contributed by atoms with Crippen molar-refractivity contribution in [2.24, 2.45) is 17.6 Å². The molecule has 102 valence electrons. The lowest BCUT2D eigenvalue weighted by Crippen LogP contribution is -2.43. The molecular weight excluding hydrogens is 224 g/mol. The molecule has 1 saturated carbocycles. The molecule has 0 spiro atoms. The van der Waals surface area contributed by atoms with Crippen molar-refractivity contribution >= 4 is 5.91 Å². The molecule has 3 nitrogen and oxygen atoms in total. The Bertz CT molecular complexity index is 308. The number of nitrogens with two attached hydrogens (primary N) is 1. The van der Waals surface area contributed by atoms with Gasteiger partial charge in [0, 0.05) is 12.1 Å². The second kappa shape index (κ2) is 6.37. The third-order valence-electron chi connectivity index (χ3n) is 4.44. The second-order valence-electron chi connectivity index (χ2n) is 5.81. The molecule has 0 aromatic rings. The van der Waals surface area contributed by atoms with Gasteiger partial charge in [0.2, 0.25) is 5.91 Å². The molecule has 2 aliphatic rings. The summed E-state index contributed by atoms with van der Waals surface area (Å²) in [6.07, 6.45) is 12.3. The molecule has 0 aromatic heterocycles. The summed E-state index contributed by atoms with van der Waals surface area (Å²) in [4.78, 5) is 12.2. The normalized spacial score (nSPS) is 30.3. The minimum Gasteiger partial charge on any atom is -0.353 e. The lowest BCUT2D eigenvalue weighted by molar-refractivity contribution is -0.124. The monoisotopic (exact) mass is 250 g/mol. The first-order valence-electron chi connectivity index (χ1n) is 7.45. The number of hydrogen-bond donors (Lipinski definition) is 2. The van der Waals surface area contributed by atoms with E-state index in [4.69, 9.17) is 5.73 Å². The van der Waals surface area contributed by atoms with Crippen molar-refractivity contribution < 1.29 is 4.79 Å². The summed E-state index contributed by atoms with van der Waals surface area (Å²) in [5.41, 5.74) is 5.80. The van der Waals surface area contributed by atoms with Crippen molar-refractivity contribution in [2.45, 2.75) is 64.0 Å². The zero-order valence-electron chi connectivity index (χ0n) is 11.4. The topological polar surface area (TPSA) is 55.1 Å². The van der Waals surface area contributed by atoms with Crippen molar-refractivity contribution in [1.82, 2.24) is 5.32 Å². The maximum absolute atomic E-state index is 12.2. The lowest BCUT2D eigenvalue weighted by Gasteiger charge is -2.31. The summed E-state index contributed by atoms with van der Waals surface area (Å²) >= 11 is 0. The first kappa shape index (κ1) is 13.6. The van der Waals surface area contributed by atoms with E-state index in [0.717, 1.165) is 12.8 Å². The molecular formula is C15H26N2O. The number of hydrogen-bond acceptors (Lipinski definition) is 2. The highest BCUT2D eigenvalue weighted by Gasteiger charge is 2.28. The summed E-state index contributed by atoms with van der Waals surface area (Å²) in [5, 5.41) is 3.25. The largest absolute Gasteiger partial charge is 0.353 e. The standard InChI is InChI=1S/C15H26N2O/c1-2-14(11-6-4-3-5-7-11)17-15(18)12-8-9-13(16)10-12/h8-9,11-14H,2-7,10,16H2,1H3,(H,17,18).